The minimum atomic E-state index is -3.68. The summed E-state index contributed by atoms with van der Waals surface area (Å²) in [4.78, 5) is 12.5. The molecule has 1 fully saturated rings. The number of thiocarbonyl (C=S) groups is 1. The number of hydrogen-bond donors (Lipinski definition) is 3. The topological polar surface area (TPSA) is 99.8 Å². The third kappa shape index (κ3) is 5.54. The van der Waals surface area contributed by atoms with Gasteiger partial charge in [0.25, 0.3) is 5.91 Å². The molecule has 0 saturated carbocycles. The Balaban J connectivity index is 1.59. The second-order valence-electron chi connectivity index (χ2n) is 6.73. The molecule has 1 saturated heterocycles. The van der Waals surface area contributed by atoms with Crippen LogP contribution in [-0.4, -0.2) is 50.0 Å². The highest BCUT2D eigenvalue weighted by Crippen LogP contribution is 2.18. The summed E-state index contributed by atoms with van der Waals surface area (Å²) >= 11 is 5.22. The molecule has 1 unspecified atom stereocenters. The van der Waals surface area contributed by atoms with Crippen LogP contribution in [0, 0.1) is 0 Å². The maximum absolute atomic E-state index is 12.8. The Morgan fingerprint density at radius 1 is 1.07 bits per heavy atom. The highest BCUT2D eigenvalue weighted by Gasteiger charge is 2.26. The van der Waals surface area contributed by atoms with Crippen molar-refractivity contribution in [2.45, 2.75) is 17.9 Å². The average Bonchev–Trinajstić information content (AvgIpc) is 2.78. The molecule has 0 bridgehead atoms. The van der Waals surface area contributed by atoms with Crippen molar-refractivity contribution in [1.82, 2.24) is 20.5 Å². The quantitative estimate of drug-likeness (QED) is 0.472. The highest BCUT2D eigenvalue weighted by molar-refractivity contribution is 7.89. The number of hydrogen-bond acceptors (Lipinski definition) is 5. The predicted molar refractivity (Wildman–Crippen MR) is 117 cm³/mol. The van der Waals surface area contributed by atoms with Crippen molar-refractivity contribution >= 4 is 33.3 Å². The number of rotatable bonds is 5. The lowest BCUT2D eigenvalue weighted by atomic mass is 10.1. The largest absolute Gasteiger partial charge is 0.379 e. The summed E-state index contributed by atoms with van der Waals surface area (Å²) in [5.74, 6) is -0.495. The SMILES string of the molecule is CC(NC(=S)NNC(=O)c1cccc(S(=O)(=O)N2CCOCC2)c1)c1ccccc1. The molecule has 0 radical (unpaired) electrons. The van der Waals surface area contributed by atoms with Gasteiger partial charge >= 0.3 is 0 Å². The van der Waals surface area contributed by atoms with Gasteiger partial charge in [-0.2, -0.15) is 4.31 Å². The van der Waals surface area contributed by atoms with Crippen molar-refractivity contribution in [1.29, 1.82) is 0 Å². The number of hydrazine groups is 1. The van der Waals surface area contributed by atoms with Crippen molar-refractivity contribution in [2.75, 3.05) is 26.3 Å². The fourth-order valence-electron chi connectivity index (χ4n) is 2.98. The Hall–Kier alpha value is -2.53. The molecule has 1 heterocycles. The van der Waals surface area contributed by atoms with Gasteiger partial charge in [0, 0.05) is 18.7 Å². The number of ether oxygens (including phenoxy) is 1. The van der Waals surface area contributed by atoms with Crippen LogP contribution in [0.3, 0.4) is 0 Å². The molecule has 0 aromatic heterocycles. The first-order valence-corrected chi connectivity index (χ1v) is 11.3. The van der Waals surface area contributed by atoms with Gasteiger partial charge in [0.2, 0.25) is 10.0 Å². The van der Waals surface area contributed by atoms with E-state index in [1.807, 2.05) is 37.3 Å². The van der Waals surface area contributed by atoms with E-state index in [0.29, 0.717) is 26.3 Å². The Kier molecular flexibility index (Phi) is 7.38. The number of nitrogens with zero attached hydrogens (tertiary/aromatic N) is 1. The Labute approximate surface area is 181 Å². The third-order valence-corrected chi connectivity index (χ3v) is 6.76. The number of nitrogens with one attached hydrogen (secondary N) is 3. The van der Waals surface area contributed by atoms with Crippen LogP contribution in [0.25, 0.3) is 0 Å². The molecule has 3 rings (SSSR count). The number of carbonyl (C=O) groups excluding carboxylic acids is 1. The average molecular weight is 449 g/mol. The molecule has 1 atom stereocenters. The second kappa shape index (κ2) is 9.98. The maximum Gasteiger partial charge on any atom is 0.269 e. The summed E-state index contributed by atoms with van der Waals surface area (Å²) in [7, 11) is -3.68. The van der Waals surface area contributed by atoms with Crippen LogP contribution in [0.4, 0.5) is 0 Å². The van der Waals surface area contributed by atoms with Crippen LogP contribution >= 0.6 is 12.2 Å². The zero-order valence-electron chi connectivity index (χ0n) is 16.5. The number of sulfonamides is 1. The normalized spacial score (nSPS) is 15.8. The van der Waals surface area contributed by atoms with Gasteiger partial charge in [-0.25, -0.2) is 8.42 Å². The highest BCUT2D eigenvalue weighted by atomic mass is 32.2. The molecule has 30 heavy (non-hydrogen) atoms. The zero-order chi connectivity index (χ0) is 21.6. The van der Waals surface area contributed by atoms with E-state index in [1.54, 1.807) is 6.07 Å². The van der Waals surface area contributed by atoms with Crippen molar-refractivity contribution in [3.63, 3.8) is 0 Å². The fourth-order valence-corrected chi connectivity index (χ4v) is 4.66. The van der Waals surface area contributed by atoms with Crippen molar-refractivity contribution < 1.29 is 17.9 Å². The number of benzene rings is 2. The van der Waals surface area contributed by atoms with E-state index in [9.17, 15) is 13.2 Å². The summed E-state index contributed by atoms with van der Waals surface area (Å²) in [6.45, 7) is 3.25. The minimum absolute atomic E-state index is 0.0508. The van der Waals surface area contributed by atoms with E-state index in [-0.39, 0.29) is 21.6 Å². The summed E-state index contributed by atoms with van der Waals surface area (Å²) in [6.07, 6.45) is 0. The third-order valence-electron chi connectivity index (χ3n) is 4.64. The molecule has 160 valence electrons. The second-order valence-corrected chi connectivity index (χ2v) is 9.08. The first-order chi connectivity index (χ1) is 14.4. The Bertz CT molecular complexity index is 993. The predicted octanol–water partition coefficient (Wildman–Crippen LogP) is 1.58. The summed E-state index contributed by atoms with van der Waals surface area (Å²) in [5, 5.41) is 3.32. The van der Waals surface area contributed by atoms with Crippen LogP contribution < -0.4 is 16.2 Å². The summed E-state index contributed by atoms with van der Waals surface area (Å²) in [5.41, 5.74) is 6.39. The van der Waals surface area contributed by atoms with Crippen molar-refractivity contribution in [3.8, 4) is 0 Å². The fraction of sp³-hybridized carbons (Fsp3) is 0.300. The van der Waals surface area contributed by atoms with Crippen molar-refractivity contribution in [2.24, 2.45) is 0 Å². The van der Waals surface area contributed by atoms with Gasteiger partial charge < -0.3 is 10.1 Å². The molecule has 10 heteroatoms. The van der Waals surface area contributed by atoms with Gasteiger partial charge in [-0.15, -0.1) is 0 Å². The van der Waals surface area contributed by atoms with Crippen LogP contribution in [0.15, 0.2) is 59.5 Å². The number of amides is 1. The van der Waals surface area contributed by atoms with E-state index in [0.717, 1.165) is 5.56 Å². The molecule has 8 nitrogen and oxygen atoms in total. The first kappa shape index (κ1) is 22.2. The van der Waals surface area contributed by atoms with Gasteiger partial charge in [0.05, 0.1) is 24.2 Å². The molecule has 2 aromatic rings. The summed E-state index contributed by atoms with van der Waals surface area (Å²) in [6, 6.07) is 15.6. The zero-order valence-corrected chi connectivity index (χ0v) is 18.1. The van der Waals surface area contributed by atoms with Gasteiger partial charge in [0.1, 0.15) is 0 Å². The smallest absolute Gasteiger partial charge is 0.269 e. The monoisotopic (exact) mass is 448 g/mol. The van der Waals surface area contributed by atoms with Gasteiger partial charge in [-0.05, 0) is 42.9 Å². The standard InChI is InChI=1S/C20H24N4O4S2/c1-15(16-6-3-2-4-7-16)21-20(29)23-22-19(25)17-8-5-9-18(14-17)30(26,27)24-10-12-28-13-11-24/h2-9,14-15H,10-13H2,1H3,(H,22,25)(H2,21,23,29). The Morgan fingerprint density at radius 3 is 2.47 bits per heavy atom. The molecule has 0 spiro atoms. The number of carbonyl (C=O) groups is 1. The molecular formula is C20H24N4O4S2. The lowest BCUT2D eigenvalue weighted by Crippen LogP contribution is -2.47. The molecule has 0 aliphatic carbocycles. The van der Waals surface area contributed by atoms with E-state index < -0.39 is 15.9 Å². The molecule has 3 N–H and O–H groups in total. The lowest BCUT2D eigenvalue weighted by Gasteiger charge is -2.26. The van der Waals surface area contributed by atoms with Gasteiger partial charge in [-0.1, -0.05) is 36.4 Å². The van der Waals surface area contributed by atoms with Crippen LogP contribution in [0.1, 0.15) is 28.9 Å². The van der Waals surface area contributed by atoms with E-state index in [4.69, 9.17) is 17.0 Å². The van der Waals surface area contributed by atoms with Gasteiger partial charge in [0.15, 0.2) is 5.11 Å². The molecule has 1 aliphatic heterocycles. The van der Waals surface area contributed by atoms with Crippen LogP contribution in [0.5, 0.6) is 0 Å². The molecular weight excluding hydrogens is 424 g/mol. The van der Waals surface area contributed by atoms with Crippen molar-refractivity contribution in [3.05, 3.63) is 65.7 Å². The van der Waals surface area contributed by atoms with E-state index in [1.165, 1.54) is 22.5 Å². The Morgan fingerprint density at radius 2 is 1.77 bits per heavy atom. The van der Waals surface area contributed by atoms with E-state index in [2.05, 4.69) is 16.2 Å². The van der Waals surface area contributed by atoms with E-state index >= 15 is 0 Å². The molecule has 1 amide bonds. The number of morpholine rings is 1. The maximum atomic E-state index is 12.8. The molecule has 2 aromatic carbocycles. The first-order valence-electron chi connectivity index (χ1n) is 9.47. The minimum Gasteiger partial charge on any atom is -0.379 e. The van der Waals surface area contributed by atoms with Gasteiger partial charge in [-0.3, -0.25) is 15.6 Å². The van der Waals surface area contributed by atoms with Crippen LogP contribution in [0.2, 0.25) is 0 Å². The summed E-state index contributed by atoms with van der Waals surface area (Å²) < 4.78 is 32.1. The van der Waals surface area contributed by atoms with Crippen LogP contribution in [-0.2, 0) is 14.8 Å². The lowest BCUT2D eigenvalue weighted by molar-refractivity contribution is 0.0730. The molecule has 1 aliphatic rings.